The van der Waals surface area contributed by atoms with Crippen molar-refractivity contribution in [3.05, 3.63) is 54.3 Å². The second-order valence-electron chi connectivity index (χ2n) is 9.81. The highest BCUT2D eigenvalue weighted by atomic mass is 16.7. The quantitative estimate of drug-likeness (QED) is 0.164. The van der Waals surface area contributed by atoms with Gasteiger partial charge in [0, 0.05) is 19.2 Å². The Bertz CT molecular complexity index is 833. The predicted octanol–water partition coefficient (Wildman–Crippen LogP) is 5.73. The Hall–Kier alpha value is -2.15. The van der Waals surface area contributed by atoms with Gasteiger partial charge in [0.05, 0.1) is 19.3 Å². The molecule has 1 aromatic rings. The van der Waals surface area contributed by atoms with Crippen LogP contribution in [0.25, 0.3) is 0 Å². The molecule has 0 aromatic heterocycles. The van der Waals surface area contributed by atoms with E-state index in [1.54, 1.807) is 12.2 Å². The molecule has 0 bridgehead atoms. The molecule has 1 atom stereocenters. The average molecular weight is 484 g/mol. The summed E-state index contributed by atoms with van der Waals surface area (Å²) in [6.07, 6.45) is 13.2. The Morgan fingerprint density at radius 2 is 1.77 bits per heavy atom. The Balaban J connectivity index is 1.23. The molecule has 6 heteroatoms. The lowest BCUT2D eigenvalue weighted by Crippen LogP contribution is -2.44. The molecular formula is C29H41NO5. The zero-order valence-corrected chi connectivity index (χ0v) is 21.2. The van der Waals surface area contributed by atoms with Gasteiger partial charge in [-0.25, -0.2) is 0 Å². The van der Waals surface area contributed by atoms with Crippen LogP contribution in [0.15, 0.2) is 48.8 Å². The molecule has 0 spiro atoms. The van der Waals surface area contributed by atoms with Gasteiger partial charge in [0.15, 0.2) is 12.0 Å². The molecule has 192 valence electrons. The maximum atomic E-state index is 13.4. The van der Waals surface area contributed by atoms with Crippen LogP contribution in [0.3, 0.4) is 0 Å². The Morgan fingerprint density at radius 3 is 2.40 bits per heavy atom. The molecule has 6 nitrogen and oxygen atoms in total. The van der Waals surface area contributed by atoms with Crippen LogP contribution >= 0.6 is 0 Å². The fourth-order valence-corrected chi connectivity index (χ4v) is 5.02. The monoisotopic (exact) mass is 483 g/mol. The Morgan fingerprint density at radius 1 is 1.03 bits per heavy atom. The van der Waals surface area contributed by atoms with Crippen molar-refractivity contribution in [2.24, 2.45) is 0 Å². The highest BCUT2D eigenvalue weighted by Gasteiger charge is 2.31. The Kier molecular flexibility index (Phi) is 9.81. The van der Waals surface area contributed by atoms with E-state index < -0.39 is 0 Å². The summed E-state index contributed by atoms with van der Waals surface area (Å²) < 4.78 is 23.5. The number of ether oxygens (including phenoxy) is 4. The standard InChI is InChI=1S/C29H41NO5/c1-3-18-30(29(31)27(4-2)35-26-14-10-23(11-15-26)22-8-9-22)24-12-16-25(17-13-24)32-20-21-34-28-7-5-6-19-33-28/h3-4,10-11,14-15,22,24-25,28H,1,5-9,12-13,16-21H2,2H3. The molecule has 1 aliphatic heterocycles. The van der Waals surface area contributed by atoms with Crippen LogP contribution in [0, 0.1) is 0 Å². The fourth-order valence-electron chi connectivity index (χ4n) is 5.02. The SMILES string of the molecule is C=CCN(C(=O)C(=CC)Oc1ccc(C2CC2)cc1)C1CCC(OCCOC2CCCCO2)CC1. The number of carbonyl (C=O) groups excluding carboxylic acids is 1. The third kappa shape index (κ3) is 7.66. The van der Waals surface area contributed by atoms with Gasteiger partial charge in [0.25, 0.3) is 5.91 Å². The van der Waals surface area contributed by atoms with Gasteiger partial charge >= 0.3 is 0 Å². The third-order valence-electron chi connectivity index (χ3n) is 7.18. The maximum absolute atomic E-state index is 13.4. The first-order chi connectivity index (χ1) is 17.2. The number of amides is 1. The number of carbonyl (C=O) groups is 1. The summed E-state index contributed by atoms with van der Waals surface area (Å²) >= 11 is 0. The summed E-state index contributed by atoms with van der Waals surface area (Å²) in [5.74, 6) is 1.69. The minimum atomic E-state index is -0.0797. The smallest absolute Gasteiger partial charge is 0.289 e. The third-order valence-corrected chi connectivity index (χ3v) is 7.18. The molecule has 1 unspecified atom stereocenters. The predicted molar refractivity (Wildman–Crippen MR) is 136 cm³/mol. The van der Waals surface area contributed by atoms with Crippen molar-refractivity contribution in [1.29, 1.82) is 0 Å². The molecule has 1 amide bonds. The lowest BCUT2D eigenvalue weighted by Gasteiger charge is -2.36. The fraction of sp³-hybridized carbons (Fsp3) is 0.621. The van der Waals surface area contributed by atoms with Gasteiger partial charge in [-0.2, -0.15) is 0 Å². The largest absolute Gasteiger partial charge is 0.452 e. The first-order valence-corrected chi connectivity index (χ1v) is 13.4. The minimum Gasteiger partial charge on any atom is -0.452 e. The number of hydrogen-bond acceptors (Lipinski definition) is 5. The van der Waals surface area contributed by atoms with Crippen LogP contribution in [-0.4, -0.2) is 55.6 Å². The van der Waals surface area contributed by atoms with Crippen molar-refractivity contribution >= 4 is 5.91 Å². The number of benzene rings is 1. The molecule has 0 radical (unpaired) electrons. The number of rotatable bonds is 12. The lowest BCUT2D eigenvalue weighted by molar-refractivity contribution is -0.172. The van der Waals surface area contributed by atoms with E-state index in [0.717, 1.165) is 45.1 Å². The van der Waals surface area contributed by atoms with Gasteiger partial charge in [-0.1, -0.05) is 18.2 Å². The van der Waals surface area contributed by atoms with Crippen LogP contribution in [0.5, 0.6) is 5.75 Å². The van der Waals surface area contributed by atoms with E-state index in [9.17, 15) is 4.79 Å². The first-order valence-electron chi connectivity index (χ1n) is 13.4. The van der Waals surface area contributed by atoms with E-state index in [1.165, 1.54) is 24.8 Å². The van der Waals surface area contributed by atoms with Gasteiger partial charge in [-0.15, -0.1) is 6.58 Å². The highest BCUT2D eigenvalue weighted by molar-refractivity contribution is 5.92. The van der Waals surface area contributed by atoms with Gasteiger partial charge in [-0.3, -0.25) is 4.79 Å². The van der Waals surface area contributed by atoms with Gasteiger partial charge in [0.2, 0.25) is 0 Å². The van der Waals surface area contributed by atoms with Gasteiger partial charge < -0.3 is 23.8 Å². The molecule has 4 rings (SSSR count). The van der Waals surface area contributed by atoms with Crippen molar-refractivity contribution in [3.8, 4) is 5.75 Å². The molecule has 35 heavy (non-hydrogen) atoms. The average Bonchev–Trinajstić information content (AvgIpc) is 3.75. The maximum Gasteiger partial charge on any atom is 0.289 e. The molecule has 3 aliphatic rings. The van der Waals surface area contributed by atoms with Crippen LogP contribution in [0.1, 0.15) is 76.2 Å². The summed E-state index contributed by atoms with van der Waals surface area (Å²) in [5, 5.41) is 0. The number of allylic oxidation sites excluding steroid dienone is 1. The molecule has 0 N–H and O–H groups in total. The molecule has 2 aliphatic carbocycles. The van der Waals surface area contributed by atoms with Crippen molar-refractivity contribution in [2.45, 2.75) is 89.1 Å². The Labute approximate surface area is 210 Å². The summed E-state index contributed by atoms with van der Waals surface area (Å²) in [4.78, 5) is 15.3. The van der Waals surface area contributed by atoms with E-state index in [2.05, 4.69) is 18.7 Å². The zero-order chi connectivity index (χ0) is 24.5. The van der Waals surface area contributed by atoms with Crippen LogP contribution in [0.2, 0.25) is 0 Å². The van der Waals surface area contributed by atoms with E-state index in [0.29, 0.717) is 37.2 Å². The first kappa shape index (κ1) is 25.9. The summed E-state index contributed by atoms with van der Waals surface area (Å²) in [6.45, 7) is 8.18. The number of nitrogens with zero attached hydrogens (tertiary/aromatic N) is 1. The lowest BCUT2D eigenvalue weighted by atomic mass is 9.91. The van der Waals surface area contributed by atoms with Crippen LogP contribution < -0.4 is 4.74 Å². The molecule has 1 heterocycles. The molecular weight excluding hydrogens is 442 g/mol. The van der Waals surface area contributed by atoms with Gasteiger partial charge in [-0.05, 0) is 94.4 Å². The topological polar surface area (TPSA) is 57.2 Å². The van der Waals surface area contributed by atoms with Crippen LogP contribution in [-0.2, 0) is 19.0 Å². The normalized spacial score (nSPS) is 25.2. The molecule has 1 saturated heterocycles. The van der Waals surface area contributed by atoms with Crippen molar-refractivity contribution in [2.75, 3.05) is 26.4 Å². The molecule has 1 aromatic carbocycles. The molecule has 3 fully saturated rings. The zero-order valence-electron chi connectivity index (χ0n) is 21.2. The van der Waals surface area contributed by atoms with Crippen molar-refractivity contribution in [3.63, 3.8) is 0 Å². The second-order valence-corrected chi connectivity index (χ2v) is 9.81. The van der Waals surface area contributed by atoms with Crippen LogP contribution in [0.4, 0.5) is 0 Å². The summed E-state index contributed by atoms with van der Waals surface area (Å²) in [7, 11) is 0. The summed E-state index contributed by atoms with van der Waals surface area (Å²) in [5.41, 5.74) is 1.35. The molecule has 2 saturated carbocycles. The number of hydrogen-bond donors (Lipinski definition) is 0. The van der Waals surface area contributed by atoms with Crippen molar-refractivity contribution < 1.29 is 23.7 Å². The van der Waals surface area contributed by atoms with E-state index in [-0.39, 0.29) is 24.3 Å². The summed E-state index contributed by atoms with van der Waals surface area (Å²) in [6, 6.07) is 8.31. The van der Waals surface area contributed by atoms with Crippen molar-refractivity contribution in [1.82, 2.24) is 4.90 Å². The van der Waals surface area contributed by atoms with Gasteiger partial charge in [0.1, 0.15) is 5.75 Å². The van der Waals surface area contributed by atoms with E-state index in [4.69, 9.17) is 18.9 Å². The van der Waals surface area contributed by atoms with E-state index in [1.807, 2.05) is 24.0 Å². The minimum absolute atomic E-state index is 0.0688. The highest BCUT2D eigenvalue weighted by Crippen LogP contribution is 2.40. The second kappa shape index (κ2) is 13.2. The van der Waals surface area contributed by atoms with E-state index >= 15 is 0 Å².